The van der Waals surface area contributed by atoms with Crippen molar-refractivity contribution in [2.75, 3.05) is 7.11 Å². The molecule has 0 aliphatic heterocycles. The summed E-state index contributed by atoms with van der Waals surface area (Å²) < 4.78 is 6.52. The van der Waals surface area contributed by atoms with Crippen molar-refractivity contribution in [2.24, 2.45) is 7.05 Å². The van der Waals surface area contributed by atoms with Crippen LogP contribution < -0.4 is 5.69 Å². The average Bonchev–Trinajstić information content (AvgIpc) is 2.32. The highest BCUT2D eigenvalue weighted by atomic mass is 16.5. The molecule has 0 aromatic carbocycles. The van der Waals surface area contributed by atoms with Crippen LogP contribution in [0.4, 0.5) is 4.79 Å². The molecule has 0 amide bonds. The predicted octanol–water partition coefficient (Wildman–Crippen LogP) is -0.199. The van der Waals surface area contributed by atoms with Crippen LogP contribution in [0.2, 0.25) is 0 Å². The van der Waals surface area contributed by atoms with Gasteiger partial charge in [0.1, 0.15) is 0 Å². The molecule has 0 saturated carbocycles. The quantitative estimate of drug-likeness (QED) is 0.522. The number of aryl methyl sites for hydroxylation is 1. The van der Waals surface area contributed by atoms with Crippen LogP contribution in [0.5, 0.6) is 0 Å². The fourth-order valence-corrected chi connectivity index (χ4v) is 0.701. The van der Waals surface area contributed by atoms with Gasteiger partial charge in [0, 0.05) is 19.4 Å². The standard InChI is InChI=1S/C6H8N2O3/c1-7-3-4-8(5(7)9)6(10)11-2/h3-4H,1-2H3. The zero-order valence-corrected chi connectivity index (χ0v) is 6.27. The van der Waals surface area contributed by atoms with Gasteiger partial charge < -0.3 is 9.30 Å². The molecule has 5 nitrogen and oxygen atoms in total. The maximum absolute atomic E-state index is 11.0. The molecule has 0 radical (unpaired) electrons. The van der Waals surface area contributed by atoms with E-state index in [-0.39, 0.29) is 0 Å². The molecule has 1 aromatic heterocycles. The summed E-state index contributed by atoms with van der Waals surface area (Å²) in [5.41, 5.74) is -0.406. The number of nitrogens with zero attached hydrogens (tertiary/aromatic N) is 2. The van der Waals surface area contributed by atoms with E-state index < -0.39 is 11.8 Å². The Kier molecular flexibility index (Phi) is 1.80. The topological polar surface area (TPSA) is 53.2 Å². The molecule has 1 aromatic rings. The van der Waals surface area contributed by atoms with Gasteiger partial charge in [-0.15, -0.1) is 0 Å². The summed E-state index contributed by atoms with van der Waals surface area (Å²) >= 11 is 0. The van der Waals surface area contributed by atoms with Gasteiger partial charge in [-0.3, -0.25) is 0 Å². The summed E-state index contributed by atoms with van der Waals surface area (Å²) in [7, 11) is 2.78. The van der Waals surface area contributed by atoms with E-state index in [0.29, 0.717) is 0 Å². The molecular weight excluding hydrogens is 148 g/mol. The number of ether oxygens (including phenoxy) is 1. The summed E-state index contributed by atoms with van der Waals surface area (Å²) in [6, 6.07) is 0. The fraction of sp³-hybridized carbons (Fsp3) is 0.333. The maximum atomic E-state index is 11.0. The van der Waals surface area contributed by atoms with Crippen molar-refractivity contribution in [3.8, 4) is 0 Å². The Hall–Kier alpha value is -1.52. The first kappa shape index (κ1) is 7.59. The Balaban J connectivity index is 3.15. The fourth-order valence-electron chi connectivity index (χ4n) is 0.701. The number of methoxy groups -OCH3 is 1. The molecular formula is C6H8N2O3. The zero-order chi connectivity index (χ0) is 8.43. The van der Waals surface area contributed by atoms with Gasteiger partial charge in [0.25, 0.3) is 0 Å². The summed E-state index contributed by atoms with van der Waals surface area (Å²) in [5.74, 6) is 0. The van der Waals surface area contributed by atoms with Crippen molar-refractivity contribution in [1.82, 2.24) is 9.13 Å². The second-order valence-corrected chi connectivity index (χ2v) is 2.03. The molecule has 0 aliphatic carbocycles. The molecule has 1 rings (SSSR count). The smallest absolute Gasteiger partial charge is 0.421 e. The van der Waals surface area contributed by atoms with E-state index in [2.05, 4.69) is 4.74 Å². The number of carbonyl (C=O) groups excluding carboxylic acids is 1. The number of hydrogen-bond donors (Lipinski definition) is 0. The Morgan fingerprint density at radius 2 is 2.18 bits per heavy atom. The predicted molar refractivity (Wildman–Crippen MR) is 37.5 cm³/mol. The molecule has 0 fully saturated rings. The van der Waals surface area contributed by atoms with E-state index in [0.717, 1.165) is 4.57 Å². The molecule has 0 bridgehead atoms. The molecule has 0 N–H and O–H groups in total. The lowest BCUT2D eigenvalue weighted by Gasteiger charge is -1.94. The third kappa shape index (κ3) is 1.17. The van der Waals surface area contributed by atoms with Gasteiger partial charge in [-0.25, -0.2) is 14.2 Å². The van der Waals surface area contributed by atoms with Crippen LogP contribution in [0.15, 0.2) is 17.2 Å². The van der Waals surface area contributed by atoms with Gasteiger partial charge in [-0.2, -0.15) is 0 Å². The van der Waals surface area contributed by atoms with Crippen LogP contribution >= 0.6 is 0 Å². The van der Waals surface area contributed by atoms with E-state index in [9.17, 15) is 9.59 Å². The SMILES string of the molecule is COC(=O)n1ccn(C)c1=O. The van der Waals surface area contributed by atoms with Crippen LogP contribution in [-0.2, 0) is 11.8 Å². The van der Waals surface area contributed by atoms with Gasteiger partial charge in [0.2, 0.25) is 0 Å². The Labute approximate surface area is 62.8 Å². The second-order valence-electron chi connectivity index (χ2n) is 2.03. The molecule has 1 heterocycles. The number of rotatable bonds is 0. The molecule has 11 heavy (non-hydrogen) atoms. The van der Waals surface area contributed by atoms with Crippen LogP contribution in [0.1, 0.15) is 0 Å². The summed E-state index contributed by atoms with van der Waals surface area (Å²) in [6.07, 6.45) is 2.17. The van der Waals surface area contributed by atoms with Gasteiger partial charge >= 0.3 is 11.8 Å². The van der Waals surface area contributed by atoms with Crippen molar-refractivity contribution < 1.29 is 9.53 Å². The van der Waals surface area contributed by atoms with Gasteiger partial charge in [0.15, 0.2) is 0 Å². The molecule has 0 atom stereocenters. The highest BCUT2D eigenvalue weighted by Crippen LogP contribution is 1.83. The Bertz CT molecular complexity index is 323. The first-order chi connectivity index (χ1) is 5.16. The molecule has 60 valence electrons. The van der Waals surface area contributed by atoms with Crippen LogP contribution in [0.25, 0.3) is 0 Å². The maximum Gasteiger partial charge on any atom is 0.421 e. The van der Waals surface area contributed by atoms with Crippen molar-refractivity contribution in [2.45, 2.75) is 0 Å². The van der Waals surface area contributed by atoms with Crippen molar-refractivity contribution in [1.29, 1.82) is 0 Å². The highest BCUT2D eigenvalue weighted by Gasteiger charge is 2.07. The van der Waals surface area contributed by atoms with Crippen LogP contribution in [0.3, 0.4) is 0 Å². The van der Waals surface area contributed by atoms with Crippen LogP contribution in [-0.4, -0.2) is 22.3 Å². The third-order valence-corrected chi connectivity index (χ3v) is 1.32. The lowest BCUT2D eigenvalue weighted by Crippen LogP contribution is -2.27. The minimum atomic E-state index is -0.671. The lowest BCUT2D eigenvalue weighted by atomic mass is 10.9. The van der Waals surface area contributed by atoms with Gasteiger partial charge in [-0.05, 0) is 0 Å². The van der Waals surface area contributed by atoms with Gasteiger partial charge in [-0.1, -0.05) is 0 Å². The average molecular weight is 156 g/mol. The van der Waals surface area contributed by atoms with E-state index in [1.165, 1.54) is 24.1 Å². The molecule has 0 unspecified atom stereocenters. The number of hydrogen-bond acceptors (Lipinski definition) is 3. The minimum Gasteiger partial charge on any atom is -0.452 e. The first-order valence-electron chi connectivity index (χ1n) is 2.99. The van der Waals surface area contributed by atoms with Crippen molar-refractivity contribution in [3.63, 3.8) is 0 Å². The molecule has 0 saturated heterocycles. The molecule has 5 heteroatoms. The van der Waals surface area contributed by atoms with E-state index >= 15 is 0 Å². The highest BCUT2D eigenvalue weighted by molar-refractivity contribution is 5.69. The number of carbonyl (C=O) groups is 1. The van der Waals surface area contributed by atoms with Crippen molar-refractivity contribution >= 4 is 6.09 Å². The normalized spacial score (nSPS) is 9.64. The van der Waals surface area contributed by atoms with E-state index in [1.54, 1.807) is 7.05 Å². The van der Waals surface area contributed by atoms with Crippen molar-refractivity contribution in [3.05, 3.63) is 22.9 Å². The first-order valence-corrected chi connectivity index (χ1v) is 2.99. The van der Waals surface area contributed by atoms with Gasteiger partial charge in [0.05, 0.1) is 7.11 Å². The largest absolute Gasteiger partial charge is 0.452 e. The summed E-state index contributed by atoms with van der Waals surface area (Å²) in [6.45, 7) is 0. The summed E-state index contributed by atoms with van der Waals surface area (Å²) in [4.78, 5) is 21.8. The number of aromatic nitrogens is 2. The monoisotopic (exact) mass is 156 g/mol. The lowest BCUT2D eigenvalue weighted by molar-refractivity contribution is 0.171. The number of imidazole rings is 1. The third-order valence-electron chi connectivity index (χ3n) is 1.32. The Morgan fingerprint density at radius 1 is 1.55 bits per heavy atom. The minimum absolute atomic E-state index is 0.406. The molecule has 0 aliphatic rings. The van der Waals surface area contributed by atoms with E-state index in [1.807, 2.05) is 0 Å². The molecule has 0 spiro atoms. The van der Waals surface area contributed by atoms with E-state index in [4.69, 9.17) is 0 Å². The summed E-state index contributed by atoms with van der Waals surface area (Å²) in [5, 5.41) is 0. The van der Waals surface area contributed by atoms with Crippen LogP contribution in [0, 0.1) is 0 Å². The Morgan fingerprint density at radius 3 is 2.55 bits per heavy atom. The second kappa shape index (κ2) is 2.61. The zero-order valence-electron chi connectivity index (χ0n) is 6.27.